The average molecular weight is 354 g/mol. The first-order valence-corrected chi connectivity index (χ1v) is 9.89. The second-order valence-corrected chi connectivity index (χ2v) is 7.88. The Hall–Kier alpha value is -1.92. The second kappa shape index (κ2) is 6.67. The van der Waals surface area contributed by atoms with Crippen LogP contribution in [0.2, 0.25) is 0 Å². The number of amides is 1. The lowest BCUT2D eigenvalue weighted by Gasteiger charge is -2.31. The molecule has 2 bridgehead atoms. The van der Waals surface area contributed by atoms with E-state index in [1.54, 1.807) is 0 Å². The van der Waals surface area contributed by atoms with Gasteiger partial charge in [0.1, 0.15) is 0 Å². The van der Waals surface area contributed by atoms with E-state index in [1.807, 2.05) is 27.8 Å². The Balaban J connectivity index is 1.26. The third kappa shape index (κ3) is 3.12. The molecule has 0 spiro atoms. The molecule has 138 valence electrons. The summed E-state index contributed by atoms with van der Waals surface area (Å²) in [5.41, 5.74) is 1.74. The minimum Gasteiger partial charge on any atom is -0.372 e. The number of carbonyl (C=O) groups excluding carboxylic acids is 1. The van der Waals surface area contributed by atoms with Crippen molar-refractivity contribution in [3.8, 4) is 0 Å². The highest BCUT2D eigenvalue weighted by molar-refractivity contribution is 5.98. The smallest absolute Gasteiger partial charge is 0.253 e. The molecule has 3 fully saturated rings. The van der Waals surface area contributed by atoms with Crippen molar-refractivity contribution in [2.45, 2.75) is 44.4 Å². The van der Waals surface area contributed by atoms with Crippen molar-refractivity contribution >= 4 is 16.8 Å². The maximum Gasteiger partial charge on any atom is 0.253 e. The fourth-order valence-electron chi connectivity index (χ4n) is 4.55. The lowest BCUT2D eigenvalue weighted by atomic mass is 10.1. The van der Waals surface area contributed by atoms with Gasteiger partial charge in [0.25, 0.3) is 5.91 Å². The molecule has 2 atom stereocenters. The van der Waals surface area contributed by atoms with Gasteiger partial charge in [0, 0.05) is 49.9 Å². The highest BCUT2D eigenvalue weighted by Crippen LogP contribution is 2.26. The number of nitrogens with zero attached hydrogens (tertiary/aromatic N) is 4. The van der Waals surface area contributed by atoms with Crippen molar-refractivity contribution in [1.82, 2.24) is 19.6 Å². The van der Waals surface area contributed by atoms with Crippen molar-refractivity contribution in [2.24, 2.45) is 0 Å². The van der Waals surface area contributed by atoms with Crippen LogP contribution in [-0.4, -0.2) is 70.4 Å². The number of aromatic nitrogens is 2. The number of hydrogen-bond acceptors (Lipinski definition) is 4. The molecule has 0 N–H and O–H groups in total. The number of hydrogen-bond donors (Lipinski definition) is 0. The average Bonchev–Trinajstić information content (AvgIpc) is 3.38. The van der Waals surface area contributed by atoms with Crippen LogP contribution in [0.15, 0.2) is 24.4 Å². The predicted octanol–water partition coefficient (Wildman–Crippen LogP) is 2.14. The van der Waals surface area contributed by atoms with E-state index >= 15 is 0 Å². The summed E-state index contributed by atoms with van der Waals surface area (Å²) in [6.45, 7) is 5.75. The Labute approximate surface area is 153 Å². The Morgan fingerprint density at radius 3 is 2.65 bits per heavy atom. The molecule has 6 heteroatoms. The van der Waals surface area contributed by atoms with Crippen LogP contribution in [0.4, 0.5) is 0 Å². The predicted molar refractivity (Wildman–Crippen MR) is 99.2 cm³/mol. The van der Waals surface area contributed by atoms with Gasteiger partial charge in [-0.05, 0) is 43.9 Å². The van der Waals surface area contributed by atoms with E-state index in [9.17, 15) is 4.79 Å². The minimum absolute atomic E-state index is 0.154. The van der Waals surface area contributed by atoms with Gasteiger partial charge < -0.3 is 9.64 Å². The summed E-state index contributed by atoms with van der Waals surface area (Å²) in [5, 5.41) is 5.74. The molecule has 1 aromatic carbocycles. The summed E-state index contributed by atoms with van der Waals surface area (Å²) in [7, 11) is 0. The monoisotopic (exact) mass is 354 g/mol. The van der Waals surface area contributed by atoms with E-state index in [0.29, 0.717) is 12.2 Å². The summed E-state index contributed by atoms with van der Waals surface area (Å²) in [6.07, 6.45) is 7.60. The molecule has 2 aromatic rings. The fourth-order valence-corrected chi connectivity index (χ4v) is 4.55. The van der Waals surface area contributed by atoms with Gasteiger partial charge in [0.15, 0.2) is 0 Å². The highest BCUT2D eigenvalue weighted by atomic mass is 16.5. The zero-order valence-corrected chi connectivity index (χ0v) is 15.1. The first kappa shape index (κ1) is 16.3. The van der Waals surface area contributed by atoms with Crippen molar-refractivity contribution in [2.75, 3.05) is 32.7 Å². The van der Waals surface area contributed by atoms with Crippen molar-refractivity contribution < 1.29 is 9.53 Å². The molecule has 3 aliphatic heterocycles. The van der Waals surface area contributed by atoms with Gasteiger partial charge >= 0.3 is 0 Å². The summed E-state index contributed by atoms with van der Waals surface area (Å²) in [6, 6.07) is 5.89. The summed E-state index contributed by atoms with van der Waals surface area (Å²) < 4.78 is 7.93. The third-order valence-corrected chi connectivity index (χ3v) is 5.96. The SMILES string of the molecule is O=C(c1ccc2nn(CCN3CC4CCC(C3)O4)cc2c1)N1CCCC1. The van der Waals surface area contributed by atoms with E-state index in [2.05, 4.69) is 16.2 Å². The van der Waals surface area contributed by atoms with E-state index in [1.165, 1.54) is 12.8 Å². The first-order valence-electron chi connectivity index (χ1n) is 9.89. The summed E-state index contributed by atoms with van der Waals surface area (Å²) in [5.74, 6) is 0.154. The standard InChI is InChI=1S/C20H26N4O2/c25-20(23-7-1-2-8-23)15-3-6-19-16(11-15)12-24(21-19)10-9-22-13-17-4-5-18(14-22)26-17/h3,6,11-12,17-18H,1-2,4-5,7-10,13-14H2. The van der Waals surface area contributed by atoms with E-state index < -0.39 is 0 Å². The van der Waals surface area contributed by atoms with Gasteiger partial charge in [0.2, 0.25) is 0 Å². The van der Waals surface area contributed by atoms with Crippen LogP contribution in [0.1, 0.15) is 36.0 Å². The molecule has 0 radical (unpaired) electrons. The van der Waals surface area contributed by atoms with Gasteiger partial charge in [-0.1, -0.05) is 0 Å². The van der Waals surface area contributed by atoms with Gasteiger partial charge in [-0.25, -0.2) is 0 Å². The maximum absolute atomic E-state index is 12.6. The molecule has 0 aliphatic carbocycles. The van der Waals surface area contributed by atoms with Crippen LogP contribution in [-0.2, 0) is 11.3 Å². The number of rotatable bonds is 4. The van der Waals surface area contributed by atoms with Gasteiger partial charge in [0.05, 0.1) is 24.3 Å². The van der Waals surface area contributed by atoms with Gasteiger partial charge in [-0.2, -0.15) is 5.10 Å². The zero-order valence-electron chi connectivity index (χ0n) is 15.1. The van der Waals surface area contributed by atoms with Crippen molar-refractivity contribution in [3.05, 3.63) is 30.0 Å². The second-order valence-electron chi connectivity index (χ2n) is 7.88. The van der Waals surface area contributed by atoms with Gasteiger partial charge in [-0.3, -0.25) is 14.4 Å². The Morgan fingerprint density at radius 2 is 1.88 bits per heavy atom. The molecule has 1 aromatic heterocycles. The topological polar surface area (TPSA) is 50.6 Å². The van der Waals surface area contributed by atoms with Crippen molar-refractivity contribution in [1.29, 1.82) is 0 Å². The van der Waals surface area contributed by atoms with E-state index in [-0.39, 0.29) is 5.91 Å². The molecular weight excluding hydrogens is 328 g/mol. The lowest BCUT2D eigenvalue weighted by molar-refractivity contribution is -0.0392. The quantitative estimate of drug-likeness (QED) is 0.844. The molecular formula is C20H26N4O2. The van der Waals surface area contributed by atoms with Gasteiger partial charge in [-0.15, -0.1) is 0 Å². The molecule has 1 amide bonds. The molecule has 4 heterocycles. The Bertz CT molecular complexity index is 799. The minimum atomic E-state index is 0.154. The summed E-state index contributed by atoms with van der Waals surface area (Å²) >= 11 is 0. The fraction of sp³-hybridized carbons (Fsp3) is 0.600. The van der Waals surface area contributed by atoms with Crippen LogP contribution in [0.5, 0.6) is 0 Å². The lowest BCUT2D eigenvalue weighted by Crippen LogP contribution is -2.43. The number of carbonyl (C=O) groups is 1. The summed E-state index contributed by atoms with van der Waals surface area (Å²) in [4.78, 5) is 17.0. The molecule has 5 rings (SSSR count). The normalized spacial score (nSPS) is 26.1. The van der Waals surface area contributed by atoms with Crippen LogP contribution in [0.25, 0.3) is 10.9 Å². The third-order valence-electron chi connectivity index (χ3n) is 5.96. The number of likely N-dealkylation sites (tertiary alicyclic amines) is 2. The highest BCUT2D eigenvalue weighted by Gasteiger charge is 2.33. The molecule has 26 heavy (non-hydrogen) atoms. The van der Waals surface area contributed by atoms with Crippen LogP contribution in [0.3, 0.4) is 0 Å². The van der Waals surface area contributed by atoms with Crippen molar-refractivity contribution in [3.63, 3.8) is 0 Å². The molecule has 6 nitrogen and oxygen atoms in total. The largest absolute Gasteiger partial charge is 0.372 e. The molecule has 3 aliphatic rings. The Kier molecular flexibility index (Phi) is 4.17. The molecule has 3 saturated heterocycles. The molecule has 2 unspecified atom stereocenters. The number of morpholine rings is 1. The Morgan fingerprint density at radius 1 is 1.12 bits per heavy atom. The number of benzene rings is 1. The number of fused-ring (bicyclic) bond motifs is 3. The van der Waals surface area contributed by atoms with Crippen LogP contribution in [0, 0.1) is 0 Å². The zero-order chi connectivity index (χ0) is 17.5. The molecule has 0 saturated carbocycles. The van der Waals surface area contributed by atoms with Crippen LogP contribution >= 0.6 is 0 Å². The van der Waals surface area contributed by atoms with E-state index in [4.69, 9.17) is 4.74 Å². The van der Waals surface area contributed by atoms with Crippen LogP contribution < -0.4 is 0 Å². The first-order chi connectivity index (χ1) is 12.7. The number of ether oxygens (including phenoxy) is 1. The maximum atomic E-state index is 12.6. The van der Waals surface area contributed by atoms with E-state index in [0.717, 1.165) is 68.6 Å².